The molecule has 3 N–H and O–H groups in total. The molecule has 376 valence electrons. The van der Waals surface area contributed by atoms with E-state index in [0.717, 1.165) is 51.9 Å². The third-order valence-corrected chi connectivity index (χ3v) is 13.7. The molecule has 9 heteroatoms. The summed E-state index contributed by atoms with van der Waals surface area (Å²) < 4.78 is 0. The summed E-state index contributed by atoms with van der Waals surface area (Å²) in [6.07, 6.45) is 54.4. The number of carbonyl (C=O) groups is 4. The quantitative estimate of drug-likeness (QED) is 0.0317. The monoisotopic (exact) mass is 910 g/mol. The van der Waals surface area contributed by atoms with Crippen LogP contribution in [-0.4, -0.2) is 85.8 Å². The van der Waals surface area contributed by atoms with E-state index in [1.165, 1.54) is 202 Å². The largest absolute Gasteiger partial charge is 0.314 e. The first kappa shape index (κ1) is 58.8. The van der Waals surface area contributed by atoms with Crippen LogP contribution in [0.4, 0.5) is 0 Å². The normalized spacial score (nSPS) is 16.9. The van der Waals surface area contributed by atoms with Crippen molar-refractivity contribution >= 4 is 23.6 Å². The maximum atomic E-state index is 12.9. The fourth-order valence-electron chi connectivity index (χ4n) is 9.44. The van der Waals surface area contributed by atoms with Crippen molar-refractivity contribution in [3.05, 3.63) is 24.3 Å². The molecule has 2 atom stereocenters. The van der Waals surface area contributed by atoms with E-state index in [-0.39, 0.29) is 35.5 Å². The number of likely N-dealkylation sites (tertiary alicyclic amines) is 2. The van der Waals surface area contributed by atoms with Gasteiger partial charge in [0.15, 0.2) is 0 Å². The topological polar surface area (TPSA) is 111 Å². The molecule has 65 heavy (non-hydrogen) atoms. The van der Waals surface area contributed by atoms with Gasteiger partial charge in [0.05, 0.1) is 11.8 Å². The first-order valence-corrected chi connectivity index (χ1v) is 28.1. The zero-order valence-electron chi connectivity index (χ0n) is 42.6. The van der Waals surface area contributed by atoms with Crippen molar-refractivity contribution in [3.8, 4) is 0 Å². The third-order valence-electron chi connectivity index (χ3n) is 13.7. The van der Waals surface area contributed by atoms with E-state index in [9.17, 15) is 19.2 Å². The predicted octanol–water partition coefficient (Wildman–Crippen LogP) is 12.9. The summed E-state index contributed by atoms with van der Waals surface area (Å²) in [7, 11) is 0. The molecule has 0 bridgehead atoms. The van der Waals surface area contributed by atoms with E-state index >= 15 is 0 Å². The lowest BCUT2D eigenvalue weighted by Gasteiger charge is -2.15. The molecule has 0 spiro atoms. The van der Waals surface area contributed by atoms with Crippen molar-refractivity contribution < 1.29 is 19.2 Å². The number of amides is 4. The average Bonchev–Trinajstić information content (AvgIpc) is 3.73. The van der Waals surface area contributed by atoms with Gasteiger partial charge < -0.3 is 16.0 Å². The van der Waals surface area contributed by atoms with E-state index in [1.54, 1.807) is 0 Å². The molecule has 0 saturated carbocycles. The summed E-state index contributed by atoms with van der Waals surface area (Å²) >= 11 is 0. The fourth-order valence-corrected chi connectivity index (χ4v) is 9.44. The van der Waals surface area contributed by atoms with E-state index in [4.69, 9.17) is 0 Å². The van der Waals surface area contributed by atoms with Gasteiger partial charge in [-0.15, -0.1) is 0 Å². The summed E-state index contributed by atoms with van der Waals surface area (Å²) in [6, 6.07) is 0. The predicted molar refractivity (Wildman–Crippen MR) is 275 cm³/mol. The van der Waals surface area contributed by atoms with Crippen molar-refractivity contribution in [2.75, 3.05) is 52.4 Å². The number of allylic oxidation sites excluding steroid dienone is 2. The molecule has 2 saturated heterocycles. The van der Waals surface area contributed by atoms with Crippen LogP contribution in [0.25, 0.3) is 0 Å². The van der Waals surface area contributed by atoms with Crippen LogP contribution in [0, 0.1) is 11.8 Å². The van der Waals surface area contributed by atoms with Crippen LogP contribution in [0.2, 0.25) is 0 Å². The Morgan fingerprint density at radius 2 is 0.615 bits per heavy atom. The van der Waals surface area contributed by atoms with Gasteiger partial charge in [-0.2, -0.15) is 0 Å². The molecule has 0 radical (unpaired) electrons. The maximum absolute atomic E-state index is 12.9. The van der Waals surface area contributed by atoms with Crippen molar-refractivity contribution in [2.24, 2.45) is 11.8 Å². The molecule has 2 heterocycles. The van der Waals surface area contributed by atoms with E-state index in [1.807, 2.05) is 12.2 Å². The molecular formula is C56H103N5O4. The lowest BCUT2D eigenvalue weighted by Crippen LogP contribution is -2.40. The number of imide groups is 2. The average molecular weight is 910 g/mol. The van der Waals surface area contributed by atoms with Crippen LogP contribution in [0.5, 0.6) is 0 Å². The number of hydrogen-bond acceptors (Lipinski definition) is 7. The molecule has 2 rings (SSSR count). The van der Waals surface area contributed by atoms with Gasteiger partial charge in [0.25, 0.3) is 0 Å². The van der Waals surface area contributed by atoms with Gasteiger partial charge >= 0.3 is 0 Å². The Balaban J connectivity index is 1.35. The first-order valence-electron chi connectivity index (χ1n) is 28.1. The second-order valence-electron chi connectivity index (χ2n) is 19.7. The van der Waals surface area contributed by atoms with E-state index < -0.39 is 0 Å². The summed E-state index contributed by atoms with van der Waals surface area (Å²) in [4.78, 5) is 53.7. The number of rotatable bonds is 48. The van der Waals surface area contributed by atoms with Crippen LogP contribution in [-0.2, 0) is 19.2 Å². The standard InChI is InChI=1S/C56H103N5O4/c1-3-5-7-9-11-13-15-17-19-21-22-23-24-26-28-30-32-34-36-38-40-52-50-54(63)61(56(52)65)48-46-59-44-42-57-41-43-58-45-47-60-53(62)49-51(55(60)64)39-37-35-33-31-29-27-25-20-18-16-14-12-10-8-6-4-2/h37-40,51-52,57-59H,3-36,41-50H2,1-2H3. The Morgan fingerprint density at radius 1 is 0.369 bits per heavy atom. The molecule has 2 fully saturated rings. The van der Waals surface area contributed by atoms with Crippen LogP contribution in [0.3, 0.4) is 0 Å². The Labute approximate surface area is 400 Å². The highest BCUT2D eigenvalue weighted by Crippen LogP contribution is 2.23. The SMILES string of the molecule is CCCCCCCCCCCCCCCCC=CC1CC(=O)N(CCNCCNCCNCCN2C(=O)CC(C=CCCCCCCCCCCCCCCCCCCCC)C2=O)C1=O. The minimum Gasteiger partial charge on any atom is -0.314 e. The summed E-state index contributed by atoms with van der Waals surface area (Å²) in [6.45, 7) is 9.57. The van der Waals surface area contributed by atoms with Gasteiger partial charge in [0.1, 0.15) is 0 Å². The molecule has 2 aliphatic rings. The molecule has 4 amide bonds. The van der Waals surface area contributed by atoms with Crippen LogP contribution >= 0.6 is 0 Å². The number of nitrogens with zero attached hydrogens (tertiary/aromatic N) is 2. The van der Waals surface area contributed by atoms with Gasteiger partial charge in [-0.3, -0.25) is 29.0 Å². The molecule has 0 aromatic rings. The minimum absolute atomic E-state index is 0.0604. The Hall–Kier alpha value is -2.36. The van der Waals surface area contributed by atoms with Crippen molar-refractivity contribution in [3.63, 3.8) is 0 Å². The molecule has 2 aliphatic heterocycles. The lowest BCUT2D eigenvalue weighted by molar-refractivity contribution is -0.140. The Morgan fingerprint density at radius 3 is 0.892 bits per heavy atom. The lowest BCUT2D eigenvalue weighted by atomic mass is 10.0. The van der Waals surface area contributed by atoms with Crippen LogP contribution < -0.4 is 16.0 Å². The van der Waals surface area contributed by atoms with Crippen molar-refractivity contribution in [1.82, 2.24) is 25.8 Å². The molecule has 0 aromatic carbocycles. The maximum Gasteiger partial charge on any atom is 0.236 e. The number of carbonyl (C=O) groups excluding carboxylic acids is 4. The molecular weight excluding hydrogens is 807 g/mol. The summed E-state index contributed by atoms with van der Waals surface area (Å²) in [5.41, 5.74) is 0. The summed E-state index contributed by atoms with van der Waals surface area (Å²) in [5, 5.41) is 10.1. The van der Waals surface area contributed by atoms with Gasteiger partial charge in [0, 0.05) is 65.2 Å². The summed E-state index contributed by atoms with van der Waals surface area (Å²) in [5.74, 6) is -0.864. The first-order chi connectivity index (χ1) is 32.0. The zero-order valence-corrected chi connectivity index (χ0v) is 42.6. The second-order valence-corrected chi connectivity index (χ2v) is 19.7. The number of unbranched alkanes of at least 4 members (excludes halogenated alkanes) is 32. The Kier molecular flexibility index (Phi) is 38.8. The number of nitrogens with one attached hydrogen (secondary N) is 3. The van der Waals surface area contributed by atoms with Crippen molar-refractivity contribution in [2.45, 2.75) is 245 Å². The molecule has 2 unspecified atom stereocenters. The number of hydrogen-bond donors (Lipinski definition) is 3. The van der Waals surface area contributed by atoms with Gasteiger partial charge in [0.2, 0.25) is 23.6 Å². The van der Waals surface area contributed by atoms with Crippen molar-refractivity contribution in [1.29, 1.82) is 0 Å². The van der Waals surface area contributed by atoms with Gasteiger partial charge in [-0.05, 0) is 25.7 Å². The zero-order chi connectivity index (χ0) is 46.7. The fraction of sp³-hybridized carbons (Fsp3) is 0.857. The van der Waals surface area contributed by atoms with Crippen LogP contribution in [0.1, 0.15) is 245 Å². The molecule has 0 aliphatic carbocycles. The van der Waals surface area contributed by atoms with E-state index in [2.05, 4.69) is 41.9 Å². The van der Waals surface area contributed by atoms with Gasteiger partial charge in [-0.1, -0.05) is 231 Å². The third kappa shape index (κ3) is 31.3. The second kappa shape index (κ2) is 43.0. The molecule has 9 nitrogen and oxygen atoms in total. The van der Waals surface area contributed by atoms with Crippen LogP contribution in [0.15, 0.2) is 24.3 Å². The smallest absolute Gasteiger partial charge is 0.236 e. The highest BCUT2D eigenvalue weighted by atomic mass is 16.2. The van der Waals surface area contributed by atoms with E-state index in [0.29, 0.717) is 39.0 Å². The molecule has 0 aromatic heterocycles. The highest BCUT2D eigenvalue weighted by molar-refractivity contribution is 6.05. The van der Waals surface area contributed by atoms with Gasteiger partial charge in [-0.25, -0.2) is 0 Å². The minimum atomic E-state index is -0.305. The highest BCUT2D eigenvalue weighted by Gasteiger charge is 2.37. The Bertz CT molecular complexity index is 1240.